The first-order chi connectivity index (χ1) is 16.4. The average Bonchev–Trinajstić information content (AvgIpc) is 2.84. The van der Waals surface area contributed by atoms with Gasteiger partial charge in [-0.2, -0.15) is 0 Å². The van der Waals surface area contributed by atoms with Crippen molar-refractivity contribution in [2.24, 2.45) is 0 Å². The molecule has 2 N–H and O–H groups in total. The van der Waals surface area contributed by atoms with Crippen LogP contribution in [-0.4, -0.2) is 41.8 Å². The van der Waals surface area contributed by atoms with Crippen LogP contribution >= 0.6 is 0 Å². The summed E-state index contributed by atoms with van der Waals surface area (Å²) >= 11 is 0. The fraction of sp³-hybridized carbons (Fsp3) is 0.208. The van der Waals surface area contributed by atoms with Crippen molar-refractivity contribution >= 4 is 27.3 Å². The Hall–Kier alpha value is -3.92. The van der Waals surface area contributed by atoms with Crippen LogP contribution in [0.4, 0.5) is 11.4 Å². The molecule has 1 aliphatic heterocycles. The number of anilines is 2. The van der Waals surface area contributed by atoms with Crippen LogP contribution in [0.2, 0.25) is 0 Å². The van der Waals surface area contributed by atoms with Crippen LogP contribution in [0.25, 0.3) is 0 Å². The van der Waals surface area contributed by atoms with Gasteiger partial charge in [0.25, 0.3) is 10.0 Å². The van der Waals surface area contributed by atoms with Gasteiger partial charge in [0, 0.05) is 11.4 Å². The van der Waals surface area contributed by atoms with Gasteiger partial charge in [-0.1, -0.05) is 6.07 Å². The highest BCUT2D eigenvalue weighted by Crippen LogP contribution is 2.32. The standard InChI is InChI=1S/C24H24N2O7S/c1-30-19-7-4-17(5-8-19)26-34(28,29)23-15-18(6-10-21(23)31-2)25-24(27)14-16-3-9-20-22(13-16)33-12-11-32-20/h3-10,13,15,26H,11-12,14H2,1-2H3,(H,25,27). The van der Waals surface area contributed by atoms with Crippen LogP contribution in [0, 0.1) is 0 Å². The molecule has 0 saturated heterocycles. The monoisotopic (exact) mass is 484 g/mol. The first-order valence-corrected chi connectivity index (χ1v) is 11.9. The van der Waals surface area contributed by atoms with Gasteiger partial charge in [-0.3, -0.25) is 9.52 Å². The summed E-state index contributed by atoms with van der Waals surface area (Å²) in [5.41, 5.74) is 1.42. The minimum atomic E-state index is -4.00. The van der Waals surface area contributed by atoms with Crippen molar-refractivity contribution in [1.82, 2.24) is 0 Å². The SMILES string of the molecule is COc1ccc(NS(=O)(=O)c2cc(NC(=O)Cc3ccc4c(c3)OCCO4)ccc2OC)cc1. The van der Waals surface area contributed by atoms with Crippen molar-refractivity contribution in [1.29, 1.82) is 0 Å². The highest BCUT2D eigenvalue weighted by Gasteiger charge is 2.21. The minimum absolute atomic E-state index is 0.0782. The summed E-state index contributed by atoms with van der Waals surface area (Å²) in [5.74, 6) is 1.67. The lowest BCUT2D eigenvalue weighted by Gasteiger charge is -2.18. The molecule has 1 heterocycles. The van der Waals surface area contributed by atoms with E-state index in [1.807, 2.05) is 0 Å². The molecule has 3 aromatic carbocycles. The zero-order chi connectivity index (χ0) is 24.1. The Morgan fingerprint density at radius 3 is 2.29 bits per heavy atom. The van der Waals surface area contributed by atoms with Crippen molar-refractivity contribution in [3.8, 4) is 23.0 Å². The molecular weight excluding hydrogens is 460 g/mol. The second kappa shape index (κ2) is 9.92. The number of benzene rings is 3. The van der Waals surface area contributed by atoms with Gasteiger partial charge in [-0.15, -0.1) is 0 Å². The molecule has 0 aliphatic carbocycles. The average molecular weight is 485 g/mol. The summed E-state index contributed by atoms with van der Waals surface area (Å²) < 4.78 is 50.0. The van der Waals surface area contributed by atoms with E-state index in [2.05, 4.69) is 10.0 Å². The number of sulfonamides is 1. The van der Waals surface area contributed by atoms with Gasteiger partial charge >= 0.3 is 0 Å². The van der Waals surface area contributed by atoms with Gasteiger partial charge in [0.2, 0.25) is 5.91 Å². The summed E-state index contributed by atoms with van der Waals surface area (Å²) in [6, 6.07) is 16.2. The molecule has 0 fully saturated rings. The van der Waals surface area contributed by atoms with E-state index in [0.717, 1.165) is 5.56 Å². The van der Waals surface area contributed by atoms with Gasteiger partial charge in [-0.05, 0) is 60.2 Å². The molecule has 0 bridgehead atoms. The molecule has 1 amide bonds. The third-order valence-corrected chi connectivity index (χ3v) is 6.45. The van der Waals surface area contributed by atoms with Crippen LogP contribution in [-0.2, 0) is 21.2 Å². The van der Waals surface area contributed by atoms with E-state index in [0.29, 0.717) is 41.8 Å². The third-order valence-electron chi connectivity index (χ3n) is 5.05. The Bertz CT molecular complexity index is 1290. The van der Waals surface area contributed by atoms with E-state index in [1.54, 1.807) is 48.5 Å². The predicted molar refractivity (Wildman–Crippen MR) is 127 cm³/mol. The molecule has 34 heavy (non-hydrogen) atoms. The maximum Gasteiger partial charge on any atom is 0.265 e. The van der Waals surface area contributed by atoms with Crippen LogP contribution in [0.5, 0.6) is 23.0 Å². The number of hydrogen-bond donors (Lipinski definition) is 2. The van der Waals surface area contributed by atoms with Gasteiger partial charge in [0.15, 0.2) is 11.5 Å². The van der Waals surface area contributed by atoms with Crippen molar-refractivity contribution in [3.63, 3.8) is 0 Å². The Morgan fingerprint density at radius 2 is 1.59 bits per heavy atom. The zero-order valence-electron chi connectivity index (χ0n) is 18.7. The summed E-state index contributed by atoms with van der Waals surface area (Å²) in [5, 5.41) is 2.74. The maximum atomic E-state index is 13.0. The normalized spacial score (nSPS) is 12.5. The predicted octanol–water partition coefficient (Wildman–Crippen LogP) is 3.46. The fourth-order valence-electron chi connectivity index (χ4n) is 3.42. The fourth-order valence-corrected chi connectivity index (χ4v) is 4.68. The van der Waals surface area contributed by atoms with Crippen molar-refractivity contribution in [2.45, 2.75) is 11.3 Å². The molecule has 178 valence electrons. The molecule has 0 spiro atoms. The summed E-state index contributed by atoms with van der Waals surface area (Å²) in [6.07, 6.45) is 0.0782. The number of rotatable bonds is 8. The third kappa shape index (κ3) is 5.34. The molecule has 0 saturated carbocycles. The maximum absolute atomic E-state index is 13.0. The van der Waals surface area contributed by atoms with Gasteiger partial charge in [0.1, 0.15) is 29.6 Å². The first-order valence-electron chi connectivity index (χ1n) is 10.4. The van der Waals surface area contributed by atoms with Gasteiger partial charge < -0.3 is 24.3 Å². The van der Waals surface area contributed by atoms with E-state index in [9.17, 15) is 13.2 Å². The number of ether oxygens (including phenoxy) is 4. The highest BCUT2D eigenvalue weighted by atomic mass is 32.2. The van der Waals surface area contributed by atoms with Crippen LogP contribution in [0.15, 0.2) is 65.6 Å². The Morgan fingerprint density at radius 1 is 0.882 bits per heavy atom. The van der Waals surface area contributed by atoms with E-state index in [1.165, 1.54) is 26.4 Å². The summed E-state index contributed by atoms with van der Waals surface area (Å²) in [4.78, 5) is 12.5. The van der Waals surface area contributed by atoms with Crippen LogP contribution in [0.3, 0.4) is 0 Å². The number of carbonyl (C=O) groups excluding carboxylic acids is 1. The van der Waals surface area contributed by atoms with Crippen molar-refractivity contribution in [3.05, 3.63) is 66.2 Å². The highest BCUT2D eigenvalue weighted by molar-refractivity contribution is 7.92. The Kier molecular flexibility index (Phi) is 6.78. The van der Waals surface area contributed by atoms with Crippen molar-refractivity contribution in [2.75, 3.05) is 37.5 Å². The second-order valence-corrected chi connectivity index (χ2v) is 9.05. The largest absolute Gasteiger partial charge is 0.497 e. The zero-order valence-corrected chi connectivity index (χ0v) is 19.5. The van der Waals surface area contributed by atoms with E-state index >= 15 is 0 Å². The van der Waals surface area contributed by atoms with E-state index in [4.69, 9.17) is 18.9 Å². The quantitative estimate of drug-likeness (QED) is 0.504. The number of nitrogens with one attached hydrogen (secondary N) is 2. The Balaban J connectivity index is 1.50. The lowest BCUT2D eigenvalue weighted by molar-refractivity contribution is -0.115. The second-order valence-electron chi connectivity index (χ2n) is 7.40. The number of hydrogen-bond acceptors (Lipinski definition) is 7. The van der Waals surface area contributed by atoms with Crippen LogP contribution < -0.4 is 29.0 Å². The molecule has 0 unspecified atom stereocenters. The minimum Gasteiger partial charge on any atom is -0.497 e. The molecule has 9 nitrogen and oxygen atoms in total. The molecule has 0 atom stereocenters. The molecule has 4 rings (SSSR count). The number of methoxy groups -OCH3 is 2. The molecule has 0 radical (unpaired) electrons. The van der Waals surface area contributed by atoms with Gasteiger partial charge in [-0.25, -0.2) is 8.42 Å². The molecule has 1 aliphatic rings. The van der Waals surface area contributed by atoms with E-state index < -0.39 is 10.0 Å². The number of amides is 1. The first kappa shape index (κ1) is 23.2. The molecule has 0 aromatic heterocycles. The lowest BCUT2D eigenvalue weighted by atomic mass is 10.1. The summed E-state index contributed by atoms with van der Waals surface area (Å²) in [6.45, 7) is 0.944. The van der Waals surface area contributed by atoms with Crippen molar-refractivity contribution < 1.29 is 32.2 Å². The lowest BCUT2D eigenvalue weighted by Crippen LogP contribution is -2.18. The number of fused-ring (bicyclic) bond motifs is 1. The molecule has 10 heteroatoms. The molecular formula is C24H24N2O7S. The summed E-state index contributed by atoms with van der Waals surface area (Å²) in [7, 11) is -1.10. The smallest absolute Gasteiger partial charge is 0.265 e. The van der Waals surface area contributed by atoms with Crippen LogP contribution in [0.1, 0.15) is 5.56 Å². The topological polar surface area (TPSA) is 112 Å². The molecule has 3 aromatic rings. The van der Waals surface area contributed by atoms with Gasteiger partial charge in [0.05, 0.1) is 20.6 Å². The Labute approximate surface area is 197 Å². The number of carbonyl (C=O) groups is 1. The van der Waals surface area contributed by atoms with E-state index in [-0.39, 0.29) is 23.0 Å².